The van der Waals surface area contributed by atoms with Crippen LogP contribution >= 0.6 is 0 Å². The minimum absolute atomic E-state index is 0.147. The summed E-state index contributed by atoms with van der Waals surface area (Å²) in [5.41, 5.74) is 2.28. The van der Waals surface area contributed by atoms with Crippen molar-refractivity contribution in [2.75, 3.05) is 0 Å². The van der Waals surface area contributed by atoms with Gasteiger partial charge in [-0.05, 0) is 49.9 Å². The molecule has 2 aromatic carbocycles. The second-order valence-corrected chi connectivity index (χ2v) is 8.68. The molecule has 0 N–H and O–H groups in total. The first-order valence-electron chi connectivity index (χ1n) is 11.2. The maximum Gasteiger partial charge on any atom is 0.257 e. The van der Waals surface area contributed by atoms with Gasteiger partial charge in [0.25, 0.3) is 5.91 Å². The molecule has 0 aliphatic heterocycles. The predicted molar refractivity (Wildman–Crippen MR) is 116 cm³/mol. The largest absolute Gasteiger partial charge is 0.328 e. The molecule has 0 radical (unpaired) electrons. The first-order chi connectivity index (χ1) is 14.7. The molecule has 0 unspecified atom stereocenters. The summed E-state index contributed by atoms with van der Waals surface area (Å²) in [5, 5.41) is 0. The van der Waals surface area contributed by atoms with Gasteiger partial charge in [0.1, 0.15) is 11.6 Å². The number of carbonyl (C=O) groups is 1. The normalized spacial score (nSPS) is 17.8. The smallest absolute Gasteiger partial charge is 0.257 e. The lowest BCUT2D eigenvalue weighted by molar-refractivity contribution is 0.0650. The highest BCUT2D eigenvalue weighted by molar-refractivity contribution is 5.94. The number of aromatic nitrogens is 2. The number of hydrogen-bond donors (Lipinski definition) is 0. The first-order valence-corrected chi connectivity index (χ1v) is 11.2. The van der Waals surface area contributed by atoms with E-state index in [-0.39, 0.29) is 17.5 Å². The van der Waals surface area contributed by atoms with Crippen molar-refractivity contribution in [3.05, 3.63) is 65.7 Å². The minimum Gasteiger partial charge on any atom is -0.328 e. The Labute approximate surface area is 176 Å². The van der Waals surface area contributed by atoms with Crippen LogP contribution in [0.15, 0.2) is 48.5 Å². The molecule has 1 amide bonds. The van der Waals surface area contributed by atoms with Gasteiger partial charge < -0.3 is 9.47 Å². The Hall–Kier alpha value is -2.69. The van der Waals surface area contributed by atoms with Crippen molar-refractivity contribution in [3.8, 4) is 0 Å². The second-order valence-electron chi connectivity index (χ2n) is 8.68. The van der Waals surface area contributed by atoms with E-state index in [1.807, 2.05) is 17.0 Å². The Morgan fingerprint density at radius 1 is 0.967 bits per heavy atom. The first kappa shape index (κ1) is 19.3. The lowest BCUT2D eigenvalue weighted by Crippen LogP contribution is -2.39. The van der Waals surface area contributed by atoms with E-state index < -0.39 is 5.82 Å². The summed E-state index contributed by atoms with van der Waals surface area (Å²) in [6.45, 7) is 0.434. The third kappa shape index (κ3) is 3.51. The molecule has 2 aliphatic rings. The van der Waals surface area contributed by atoms with Gasteiger partial charge in [-0.2, -0.15) is 0 Å². The number of hydrogen-bond acceptors (Lipinski definition) is 2. The maximum absolute atomic E-state index is 14.5. The molecule has 5 heteroatoms. The van der Waals surface area contributed by atoms with Crippen molar-refractivity contribution in [2.24, 2.45) is 0 Å². The molecule has 4 nitrogen and oxygen atoms in total. The molecule has 5 rings (SSSR count). The molecule has 156 valence electrons. The summed E-state index contributed by atoms with van der Waals surface area (Å²) in [5.74, 6) is 0.263. The van der Waals surface area contributed by atoms with Crippen molar-refractivity contribution >= 4 is 16.9 Å². The Kier molecular flexibility index (Phi) is 5.28. The minimum atomic E-state index is -0.449. The average molecular weight is 406 g/mol. The fraction of sp³-hybridized carbons (Fsp3) is 0.440. The van der Waals surface area contributed by atoms with Gasteiger partial charge in [-0.1, -0.05) is 49.9 Å². The molecule has 1 aromatic heterocycles. The summed E-state index contributed by atoms with van der Waals surface area (Å²) in [4.78, 5) is 20.3. The highest BCUT2D eigenvalue weighted by Crippen LogP contribution is 2.35. The van der Waals surface area contributed by atoms with Crippen LogP contribution in [-0.2, 0) is 6.54 Å². The number of fused-ring (bicyclic) bond motifs is 1. The molecule has 0 saturated heterocycles. The van der Waals surface area contributed by atoms with Crippen molar-refractivity contribution in [3.63, 3.8) is 0 Å². The average Bonchev–Trinajstić information content (AvgIpc) is 3.52. The van der Waals surface area contributed by atoms with Crippen LogP contribution in [0.4, 0.5) is 4.39 Å². The molecule has 0 spiro atoms. The zero-order chi connectivity index (χ0) is 20.5. The third-order valence-corrected chi connectivity index (χ3v) is 6.80. The van der Waals surface area contributed by atoms with E-state index >= 15 is 0 Å². The number of para-hydroxylation sites is 2. The molecule has 30 heavy (non-hydrogen) atoms. The summed E-state index contributed by atoms with van der Waals surface area (Å²) in [6, 6.07) is 15.1. The van der Waals surface area contributed by atoms with E-state index in [4.69, 9.17) is 4.98 Å². The van der Waals surface area contributed by atoms with Crippen LogP contribution in [0.5, 0.6) is 0 Å². The number of amides is 1. The molecule has 1 heterocycles. The van der Waals surface area contributed by atoms with Crippen LogP contribution in [-0.4, -0.2) is 26.4 Å². The molecule has 0 bridgehead atoms. The van der Waals surface area contributed by atoms with E-state index in [1.54, 1.807) is 18.2 Å². The highest BCUT2D eigenvalue weighted by Gasteiger charge is 2.31. The Bertz CT molecular complexity index is 1050. The fourth-order valence-electron chi connectivity index (χ4n) is 5.30. The number of carbonyl (C=O) groups excluding carboxylic acids is 1. The van der Waals surface area contributed by atoms with Crippen LogP contribution in [0.3, 0.4) is 0 Å². The van der Waals surface area contributed by atoms with Crippen molar-refractivity contribution < 1.29 is 9.18 Å². The number of benzene rings is 2. The molecule has 2 saturated carbocycles. The van der Waals surface area contributed by atoms with Gasteiger partial charge >= 0.3 is 0 Å². The third-order valence-electron chi connectivity index (χ3n) is 6.80. The van der Waals surface area contributed by atoms with Gasteiger partial charge in [-0.3, -0.25) is 4.79 Å². The number of nitrogens with zero attached hydrogens (tertiary/aromatic N) is 3. The number of imidazole rings is 1. The van der Waals surface area contributed by atoms with E-state index in [0.29, 0.717) is 12.6 Å². The van der Waals surface area contributed by atoms with Crippen molar-refractivity contribution in [2.45, 2.75) is 70.0 Å². The highest BCUT2D eigenvalue weighted by atomic mass is 19.1. The van der Waals surface area contributed by atoms with Gasteiger partial charge in [0.05, 0.1) is 23.1 Å². The monoisotopic (exact) mass is 405 g/mol. The standard InChI is InChI=1S/C25H28FN3O/c26-21-14-6-5-13-20(21)25(30)28(18-9-1-2-10-18)17-24-27-22-15-7-8-16-23(22)29(24)19-11-3-4-12-19/h5-8,13-16,18-19H,1-4,9-12,17H2. The lowest BCUT2D eigenvalue weighted by Gasteiger charge is -2.30. The Balaban J connectivity index is 1.55. The lowest BCUT2D eigenvalue weighted by atomic mass is 10.1. The van der Waals surface area contributed by atoms with Crippen LogP contribution < -0.4 is 0 Å². The zero-order valence-electron chi connectivity index (χ0n) is 17.3. The summed E-state index contributed by atoms with van der Waals surface area (Å²) in [7, 11) is 0. The Morgan fingerprint density at radius 2 is 1.63 bits per heavy atom. The maximum atomic E-state index is 14.5. The van der Waals surface area contributed by atoms with Crippen molar-refractivity contribution in [1.29, 1.82) is 0 Å². The van der Waals surface area contributed by atoms with E-state index in [1.165, 1.54) is 18.9 Å². The topological polar surface area (TPSA) is 38.1 Å². The molecular formula is C25H28FN3O. The fourth-order valence-corrected chi connectivity index (χ4v) is 5.30. The van der Waals surface area contributed by atoms with E-state index in [2.05, 4.69) is 16.7 Å². The van der Waals surface area contributed by atoms with Crippen LogP contribution in [0.1, 0.15) is 73.6 Å². The van der Waals surface area contributed by atoms with Gasteiger partial charge in [0.2, 0.25) is 0 Å². The molecule has 0 atom stereocenters. The Morgan fingerprint density at radius 3 is 2.40 bits per heavy atom. The van der Waals surface area contributed by atoms with Crippen LogP contribution in [0.2, 0.25) is 0 Å². The van der Waals surface area contributed by atoms with Crippen LogP contribution in [0.25, 0.3) is 11.0 Å². The van der Waals surface area contributed by atoms with Crippen LogP contribution in [0, 0.1) is 5.82 Å². The van der Waals surface area contributed by atoms with Gasteiger partial charge in [0.15, 0.2) is 0 Å². The summed E-state index contributed by atoms with van der Waals surface area (Å²) in [6.07, 6.45) is 8.95. The van der Waals surface area contributed by atoms with Crippen molar-refractivity contribution in [1.82, 2.24) is 14.5 Å². The molecule has 2 fully saturated rings. The number of rotatable bonds is 5. The second kappa shape index (κ2) is 8.21. The molecular weight excluding hydrogens is 377 g/mol. The SMILES string of the molecule is O=C(c1ccccc1F)N(Cc1nc2ccccc2n1C1CCCC1)C1CCCC1. The quantitative estimate of drug-likeness (QED) is 0.532. The molecule has 3 aromatic rings. The number of halogens is 1. The van der Waals surface area contributed by atoms with E-state index in [9.17, 15) is 9.18 Å². The summed E-state index contributed by atoms with van der Waals surface area (Å²) < 4.78 is 16.8. The van der Waals surface area contributed by atoms with E-state index in [0.717, 1.165) is 55.4 Å². The van der Waals surface area contributed by atoms with Gasteiger partial charge in [-0.15, -0.1) is 0 Å². The predicted octanol–water partition coefficient (Wildman–Crippen LogP) is 5.88. The molecule has 2 aliphatic carbocycles. The zero-order valence-corrected chi connectivity index (χ0v) is 17.3. The summed E-state index contributed by atoms with van der Waals surface area (Å²) >= 11 is 0. The van der Waals surface area contributed by atoms with Gasteiger partial charge in [-0.25, -0.2) is 9.37 Å². The van der Waals surface area contributed by atoms with Gasteiger partial charge in [0, 0.05) is 12.1 Å².